The van der Waals surface area contributed by atoms with Gasteiger partial charge in [-0.25, -0.2) is 0 Å². The molecular weight excluding hydrogens is 238 g/mol. The number of rotatable bonds is 4. The van der Waals surface area contributed by atoms with Gasteiger partial charge in [-0.3, -0.25) is 4.90 Å². The maximum Gasteiger partial charge on any atom is 0.119 e. The summed E-state index contributed by atoms with van der Waals surface area (Å²) in [5.41, 5.74) is 1.21. The van der Waals surface area contributed by atoms with Crippen molar-refractivity contribution in [1.29, 1.82) is 5.26 Å². The van der Waals surface area contributed by atoms with Crippen molar-refractivity contribution < 1.29 is 4.74 Å². The normalized spacial score (nSPS) is 20.1. The van der Waals surface area contributed by atoms with Gasteiger partial charge in [0.2, 0.25) is 0 Å². The first-order chi connectivity index (χ1) is 9.24. The van der Waals surface area contributed by atoms with Crippen LogP contribution in [-0.4, -0.2) is 44.2 Å². The largest absolute Gasteiger partial charge is 0.494 e. The van der Waals surface area contributed by atoms with Crippen molar-refractivity contribution in [2.24, 2.45) is 0 Å². The van der Waals surface area contributed by atoms with E-state index in [-0.39, 0.29) is 0 Å². The molecule has 0 bridgehead atoms. The highest BCUT2D eigenvalue weighted by molar-refractivity contribution is 5.49. The molecule has 1 atom stereocenters. The first-order valence-corrected chi connectivity index (χ1v) is 6.79. The van der Waals surface area contributed by atoms with E-state index in [0.29, 0.717) is 19.1 Å². The van der Waals surface area contributed by atoms with E-state index in [1.165, 1.54) is 5.69 Å². The second-order valence-corrected chi connectivity index (χ2v) is 4.87. The van der Waals surface area contributed by atoms with Gasteiger partial charge in [-0.05, 0) is 38.2 Å². The van der Waals surface area contributed by atoms with Crippen molar-refractivity contribution in [2.45, 2.75) is 19.4 Å². The molecule has 0 saturated carbocycles. The Hall–Kier alpha value is -1.73. The predicted molar refractivity (Wildman–Crippen MR) is 76.5 cm³/mol. The summed E-state index contributed by atoms with van der Waals surface area (Å²) in [7, 11) is 2.09. The van der Waals surface area contributed by atoms with Crippen molar-refractivity contribution in [3.8, 4) is 11.8 Å². The summed E-state index contributed by atoms with van der Waals surface area (Å²) in [5.74, 6) is 0.911. The molecule has 1 aliphatic heterocycles. The minimum atomic E-state index is 0.324. The number of nitrogens with zero attached hydrogens (tertiary/aromatic N) is 3. The molecule has 0 radical (unpaired) electrons. The third kappa shape index (κ3) is 3.39. The standard InChI is InChI=1S/C15H21N3O/c1-3-19-15-6-4-13(5-7-15)18-11-10-17(2)14(12-18)8-9-16/h4-7,14H,3,8,10-12H2,1-2H3. The van der Waals surface area contributed by atoms with Gasteiger partial charge >= 0.3 is 0 Å². The molecule has 4 heteroatoms. The van der Waals surface area contributed by atoms with Gasteiger partial charge in [-0.1, -0.05) is 0 Å². The molecule has 1 unspecified atom stereocenters. The smallest absolute Gasteiger partial charge is 0.119 e. The molecule has 102 valence electrons. The van der Waals surface area contributed by atoms with Crippen LogP contribution in [0.15, 0.2) is 24.3 Å². The number of nitriles is 1. The highest BCUT2D eigenvalue weighted by Gasteiger charge is 2.24. The zero-order valence-corrected chi connectivity index (χ0v) is 11.7. The summed E-state index contributed by atoms with van der Waals surface area (Å²) < 4.78 is 5.46. The molecule has 1 aliphatic rings. The molecule has 1 heterocycles. The number of ether oxygens (including phenoxy) is 1. The molecule has 1 fully saturated rings. The Morgan fingerprint density at radius 1 is 1.32 bits per heavy atom. The lowest BCUT2D eigenvalue weighted by Crippen LogP contribution is -2.51. The van der Waals surface area contributed by atoms with Crippen LogP contribution in [0.5, 0.6) is 5.75 Å². The van der Waals surface area contributed by atoms with Gasteiger partial charge in [0.1, 0.15) is 5.75 Å². The molecule has 1 aromatic carbocycles. The second-order valence-electron chi connectivity index (χ2n) is 4.87. The van der Waals surface area contributed by atoms with Gasteiger partial charge in [0, 0.05) is 31.4 Å². The maximum atomic E-state index is 8.88. The molecule has 4 nitrogen and oxygen atoms in total. The lowest BCUT2D eigenvalue weighted by atomic mass is 10.1. The van der Waals surface area contributed by atoms with Gasteiger partial charge in [0.25, 0.3) is 0 Å². The third-order valence-corrected chi connectivity index (χ3v) is 3.62. The number of piperazine rings is 1. The topological polar surface area (TPSA) is 39.5 Å². The van der Waals surface area contributed by atoms with Crippen molar-refractivity contribution in [2.75, 3.05) is 38.2 Å². The molecular formula is C15H21N3O. The fourth-order valence-corrected chi connectivity index (χ4v) is 2.43. The van der Waals surface area contributed by atoms with Crippen LogP contribution >= 0.6 is 0 Å². The van der Waals surface area contributed by atoms with E-state index < -0.39 is 0 Å². The van der Waals surface area contributed by atoms with Crippen molar-refractivity contribution in [3.05, 3.63) is 24.3 Å². The quantitative estimate of drug-likeness (QED) is 0.830. The number of hydrogen-bond donors (Lipinski definition) is 0. The molecule has 1 saturated heterocycles. The Balaban J connectivity index is 2.03. The average molecular weight is 259 g/mol. The van der Waals surface area contributed by atoms with Crippen molar-refractivity contribution in [1.82, 2.24) is 4.90 Å². The van der Waals surface area contributed by atoms with E-state index in [1.807, 2.05) is 19.1 Å². The predicted octanol–water partition coefficient (Wildman–Crippen LogP) is 2.12. The highest BCUT2D eigenvalue weighted by atomic mass is 16.5. The average Bonchev–Trinajstić information content (AvgIpc) is 2.43. The SMILES string of the molecule is CCOc1ccc(N2CCN(C)C(CC#N)C2)cc1. The molecule has 0 N–H and O–H groups in total. The number of likely N-dealkylation sites (N-methyl/N-ethyl adjacent to an activating group) is 1. The van der Waals surface area contributed by atoms with Gasteiger partial charge in [-0.2, -0.15) is 5.26 Å². The fraction of sp³-hybridized carbons (Fsp3) is 0.533. The van der Waals surface area contributed by atoms with Crippen LogP contribution in [0.1, 0.15) is 13.3 Å². The van der Waals surface area contributed by atoms with Crippen LogP contribution in [0.25, 0.3) is 0 Å². The minimum Gasteiger partial charge on any atom is -0.494 e. The van der Waals surface area contributed by atoms with Crippen LogP contribution in [0.4, 0.5) is 5.69 Å². The molecule has 0 aromatic heterocycles. The fourth-order valence-electron chi connectivity index (χ4n) is 2.43. The van der Waals surface area contributed by atoms with Gasteiger partial charge in [0.05, 0.1) is 19.1 Å². The summed E-state index contributed by atoms with van der Waals surface area (Å²) in [6.07, 6.45) is 0.587. The zero-order chi connectivity index (χ0) is 13.7. The molecule has 1 aromatic rings. The number of benzene rings is 1. The van der Waals surface area contributed by atoms with Gasteiger partial charge < -0.3 is 9.64 Å². The molecule has 19 heavy (non-hydrogen) atoms. The summed E-state index contributed by atoms with van der Waals surface area (Å²) in [4.78, 5) is 4.62. The maximum absolute atomic E-state index is 8.88. The second kappa shape index (κ2) is 6.44. The number of anilines is 1. The number of hydrogen-bond acceptors (Lipinski definition) is 4. The highest BCUT2D eigenvalue weighted by Crippen LogP contribution is 2.22. The summed E-state index contributed by atoms with van der Waals surface area (Å²) in [5, 5.41) is 8.88. The summed E-state index contributed by atoms with van der Waals surface area (Å²) in [6, 6.07) is 10.8. The van der Waals surface area contributed by atoms with Crippen molar-refractivity contribution in [3.63, 3.8) is 0 Å². The van der Waals surface area contributed by atoms with E-state index in [2.05, 4.69) is 35.0 Å². The zero-order valence-electron chi connectivity index (χ0n) is 11.7. The van der Waals surface area contributed by atoms with E-state index in [1.54, 1.807) is 0 Å². The van der Waals surface area contributed by atoms with E-state index in [0.717, 1.165) is 25.4 Å². The van der Waals surface area contributed by atoms with Crippen molar-refractivity contribution >= 4 is 5.69 Å². The van der Waals surface area contributed by atoms with E-state index in [9.17, 15) is 0 Å². The Bertz CT molecular complexity index is 438. The Morgan fingerprint density at radius 2 is 2.05 bits per heavy atom. The van der Waals surface area contributed by atoms with Gasteiger partial charge in [-0.15, -0.1) is 0 Å². The van der Waals surface area contributed by atoms with Gasteiger partial charge in [0.15, 0.2) is 0 Å². The third-order valence-electron chi connectivity index (χ3n) is 3.62. The lowest BCUT2D eigenvalue weighted by molar-refractivity contribution is 0.221. The van der Waals surface area contributed by atoms with E-state index in [4.69, 9.17) is 10.00 Å². The minimum absolute atomic E-state index is 0.324. The summed E-state index contributed by atoms with van der Waals surface area (Å²) >= 11 is 0. The monoisotopic (exact) mass is 259 g/mol. The molecule has 0 amide bonds. The summed E-state index contributed by atoms with van der Waals surface area (Å²) in [6.45, 7) is 5.60. The Kier molecular flexibility index (Phi) is 4.64. The molecule has 0 aliphatic carbocycles. The van der Waals surface area contributed by atoms with Crippen LogP contribution < -0.4 is 9.64 Å². The first-order valence-electron chi connectivity index (χ1n) is 6.79. The lowest BCUT2D eigenvalue weighted by Gasteiger charge is -2.39. The molecule has 2 rings (SSSR count). The Morgan fingerprint density at radius 3 is 2.68 bits per heavy atom. The van der Waals surface area contributed by atoms with Crippen LogP contribution in [-0.2, 0) is 0 Å². The Labute approximate surface area is 115 Å². The first kappa shape index (κ1) is 13.7. The molecule has 0 spiro atoms. The van der Waals surface area contributed by atoms with E-state index >= 15 is 0 Å². The van der Waals surface area contributed by atoms with Crippen LogP contribution in [0.2, 0.25) is 0 Å². The van der Waals surface area contributed by atoms with Crippen LogP contribution in [0.3, 0.4) is 0 Å². The van der Waals surface area contributed by atoms with Crippen LogP contribution in [0, 0.1) is 11.3 Å².